The first kappa shape index (κ1) is 9.50. The molecule has 0 radical (unpaired) electrons. The zero-order valence-corrected chi connectivity index (χ0v) is 6.78. The molecule has 1 rings (SSSR count). The van der Waals surface area contributed by atoms with Crippen molar-refractivity contribution >= 4 is 17.8 Å². The van der Waals surface area contributed by atoms with Gasteiger partial charge < -0.3 is 15.6 Å². The van der Waals surface area contributed by atoms with E-state index in [9.17, 15) is 14.4 Å². The van der Waals surface area contributed by atoms with E-state index in [1.807, 2.05) is 0 Å². The predicted octanol–water partition coefficient (Wildman–Crippen LogP) is -0.978. The second kappa shape index (κ2) is 3.04. The quantitative estimate of drug-likeness (QED) is 0.434. The number of rotatable bonds is 4. The molecule has 72 valence electrons. The summed E-state index contributed by atoms with van der Waals surface area (Å²) in [6.45, 7) is 0. The molecular weight excluding hydrogens is 178 g/mol. The van der Waals surface area contributed by atoms with Crippen LogP contribution in [0.2, 0.25) is 0 Å². The number of hydrogen-bond donors (Lipinski definition) is 2. The van der Waals surface area contributed by atoms with Crippen molar-refractivity contribution < 1.29 is 24.2 Å². The number of carboxylic acids is 1. The summed E-state index contributed by atoms with van der Waals surface area (Å²) in [5.74, 6) is -2.93. The molecule has 0 aromatic rings. The summed E-state index contributed by atoms with van der Waals surface area (Å²) >= 11 is 0. The van der Waals surface area contributed by atoms with E-state index in [1.165, 1.54) is 0 Å². The zero-order chi connectivity index (χ0) is 10.1. The smallest absolute Gasteiger partial charge is 0.318 e. The number of carbonyl (C=O) groups excluding carboxylic acids is 2. The van der Waals surface area contributed by atoms with Gasteiger partial charge in [0.05, 0.1) is 0 Å². The first-order valence-corrected chi connectivity index (χ1v) is 3.70. The van der Waals surface area contributed by atoms with Crippen LogP contribution in [0.4, 0.5) is 0 Å². The SMILES string of the molecule is NC(=O)C1(OC(=O)CC(=O)O)CC1. The fourth-order valence-electron chi connectivity index (χ4n) is 0.890. The minimum atomic E-state index is -1.29. The molecule has 0 heterocycles. The number of esters is 1. The molecule has 1 fully saturated rings. The van der Waals surface area contributed by atoms with Crippen LogP contribution in [0.15, 0.2) is 0 Å². The number of carbonyl (C=O) groups is 3. The Labute approximate surface area is 73.7 Å². The first-order valence-electron chi connectivity index (χ1n) is 3.70. The van der Waals surface area contributed by atoms with Crippen LogP contribution in [0.1, 0.15) is 19.3 Å². The number of aliphatic carboxylic acids is 1. The standard InChI is InChI=1S/C7H9NO5/c8-6(12)7(1-2-7)13-5(11)3-4(9)10/h1-3H2,(H2,8,12)(H,9,10). The Kier molecular flexibility index (Phi) is 2.22. The minimum Gasteiger partial charge on any atom is -0.481 e. The lowest BCUT2D eigenvalue weighted by Gasteiger charge is -2.11. The van der Waals surface area contributed by atoms with Crippen molar-refractivity contribution in [2.45, 2.75) is 24.9 Å². The van der Waals surface area contributed by atoms with Gasteiger partial charge in [-0.25, -0.2) is 0 Å². The Morgan fingerprint density at radius 3 is 2.23 bits per heavy atom. The summed E-state index contributed by atoms with van der Waals surface area (Å²) in [5, 5.41) is 8.22. The molecule has 6 nitrogen and oxygen atoms in total. The van der Waals surface area contributed by atoms with Crippen LogP contribution in [0, 0.1) is 0 Å². The summed E-state index contributed by atoms with van der Waals surface area (Å²) in [6, 6.07) is 0. The molecule has 13 heavy (non-hydrogen) atoms. The molecule has 0 bridgehead atoms. The van der Waals surface area contributed by atoms with E-state index in [0.29, 0.717) is 12.8 Å². The third kappa shape index (κ3) is 2.17. The van der Waals surface area contributed by atoms with Crippen LogP contribution in [0.5, 0.6) is 0 Å². The van der Waals surface area contributed by atoms with E-state index in [0.717, 1.165) is 0 Å². The van der Waals surface area contributed by atoms with Gasteiger partial charge in [-0.1, -0.05) is 0 Å². The van der Waals surface area contributed by atoms with Crippen molar-refractivity contribution in [3.05, 3.63) is 0 Å². The molecule has 1 aliphatic rings. The molecule has 0 atom stereocenters. The second-order valence-corrected chi connectivity index (χ2v) is 2.90. The number of hydrogen-bond acceptors (Lipinski definition) is 4. The summed E-state index contributed by atoms with van der Waals surface area (Å²) in [5.41, 5.74) is 3.73. The molecular formula is C7H9NO5. The lowest BCUT2D eigenvalue weighted by atomic mass is 10.3. The van der Waals surface area contributed by atoms with Gasteiger partial charge in [0.2, 0.25) is 0 Å². The number of carboxylic acid groups (broad SMARTS) is 1. The summed E-state index contributed by atoms with van der Waals surface area (Å²) in [7, 11) is 0. The van der Waals surface area contributed by atoms with E-state index in [-0.39, 0.29) is 0 Å². The summed E-state index contributed by atoms with van der Waals surface area (Å²) in [6.07, 6.45) is 0.0242. The van der Waals surface area contributed by atoms with E-state index in [2.05, 4.69) is 4.74 Å². The highest BCUT2D eigenvalue weighted by atomic mass is 16.6. The van der Waals surface area contributed by atoms with E-state index < -0.39 is 29.9 Å². The van der Waals surface area contributed by atoms with Crippen LogP contribution in [0.3, 0.4) is 0 Å². The Morgan fingerprint density at radius 2 is 1.92 bits per heavy atom. The molecule has 3 N–H and O–H groups in total. The molecule has 1 saturated carbocycles. The van der Waals surface area contributed by atoms with Crippen LogP contribution < -0.4 is 5.73 Å². The molecule has 6 heteroatoms. The summed E-state index contributed by atoms with van der Waals surface area (Å²) in [4.78, 5) is 31.6. The highest BCUT2D eigenvalue weighted by Gasteiger charge is 2.52. The third-order valence-corrected chi connectivity index (χ3v) is 1.76. The Morgan fingerprint density at radius 1 is 1.38 bits per heavy atom. The largest absolute Gasteiger partial charge is 0.481 e. The van der Waals surface area contributed by atoms with Gasteiger partial charge in [-0.2, -0.15) is 0 Å². The van der Waals surface area contributed by atoms with Crippen molar-refractivity contribution in [2.75, 3.05) is 0 Å². The fourth-order valence-corrected chi connectivity index (χ4v) is 0.890. The van der Waals surface area contributed by atoms with Crippen LogP contribution >= 0.6 is 0 Å². The van der Waals surface area contributed by atoms with E-state index >= 15 is 0 Å². The normalized spacial score (nSPS) is 17.5. The van der Waals surface area contributed by atoms with Crippen LogP contribution in [-0.4, -0.2) is 28.6 Å². The zero-order valence-electron chi connectivity index (χ0n) is 6.78. The lowest BCUT2D eigenvalue weighted by Crippen LogP contribution is -2.35. The minimum absolute atomic E-state index is 0.383. The molecule has 0 aromatic heterocycles. The van der Waals surface area contributed by atoms with Gasteiger partial charge >= 0.3 is 11.9 Å². The number of amides is 1. The molecule has 0 unspecified atom stereocenters. The average molecular weight is 187 g/mol. The van der Waals surface area contributed by atoms with E-state index in [1.54, 1.807) is 0 Å². The maximum absolute atomic E-state index is 10.8. The lowest BCUT2D eigenvalue weighted by molar-refractivity contribution is -0.161. The van der Waals surface area contributed by atoms with Gasteiger partial charge in [-0.15, -0.1) is 0 Å². The second-order valence-electron chi connectivity index (χ2n) is 2.90. The van der Waals surface area contributed by atoms with Gasteiger partial charge in [-0.05, 0) is 0 Å². The number of ether oxygens (including phenoxy) is 1. The Bertz CT molecular complexity index is 268. The van der Waals surface area contributed by atoms with Gasteiger partial charge in [0.25, 0.3) is 5.91 Å². The van der Waals surface area contributed by atoms with Gasteiger partial charge in [-0.3, -0.25) is 14.4 Å². The highest BCUT2D eigenvalue weighted by Crippen LogP contribution is 2.39. The van der Waals surface area contributed by atoms with Gasteiger partial charge in [0.1, 0.15) is 6.42 Å². The maximum atomic E-state index is 10.8. The average Bonchev–Trinajstić information content (AvgIpc) is 2.66. The summed E-state index contributed by atoms with van der Waals surface area (Å²) < 4.78 is 4.63. The molecule has 0 spiro atoms. The van der Waals surface area contributed by atoms with Crippen molar-refractivity contribution in [3.8, 4) is 0 Å². The fraction of sp³-hybridized carbons (Fsp3) is 0.571. The van der Waals surface area contributed by atoms with E-state index in [4.69, 9.17) is 10.8 Å². The molecule has 0 aliphatic heterocycles. The topological polar surface area (TPSA) is 107 Å². The third-order valence-electron chi connectivity index (χ3n) is 1.76. The predicted molar refractivity (Wildman–Crippen MR) is 39.5 cm³/mol. The number of primary amides is 1. The van der Waals surface area contributed by atoms with Crippen molar-refractivity contribution in [2.24, 2.45) is 5.73 Å². The number of nitrogens with two attached hydrogens (primary N) is 1. The molecule has 0 aromatic carbocycles. The first-order chi connectivity index (χ1) is 5.96. The maximum Gasteiger partial charge on any atom is 0.318 e. The van der Waals surface area contributed by atoms with Gasteiger partial charge in [0, 0.05) is 12.8 Å². The monoisotopic (exact) mass is 187 g/mol. The van der Waals surface area contributed by atoms with Crippen molar-refractivity contribution in [1.29, 1.82) is 0 Å². The molecule has 0 saturated heterocycles. The molecule has 1 amide bonds. The van der Waals surface area contributed by atoms with Crippen molar-refractivity contribution in [3.63, 3.8) is 0 Å². The van der Waals surface area contributed by atoms with Gasteiger partial charge in [0.15, 0.2) is 5.60 Å². The van der Waals surface area contributed by atoms with Crippen molar-refractivity contribution in [1.82, 2.24) is 0 Å². The van der Waals surface area contributed by atoms with Crippen LogP contribution in [0.25, 0.3) is 0 Å². The Hall–Kier alpha value is -1.59. The Balaban J connectivity index is 2.45. The highest BCUT2D eigenvalue weighted by molar-refractivity contribution is 5.94. The van der Waals surface area contributed by atoms with Crippen LogP contribution in [-0.2, 0) is 19.1 Å². The molecule has 1 aliphatic carbocycles.